The van der Waals surface area contributed by atoms with E-state index in [0.29, 0.717) is 13.0 Å². The van der Waals surface area contributed by atoms with Gasteiger partial charge in [0.25, 0.3) is 0 Å². The maximum absolute atomic E-state index is 14.5. The lowest BCUT2D eigenvalue weighted by atomic mass is 9.77. The minimum absolute atomic E-state index is 0.116. The zero-order valence-electron chi connectivity index (χ0n) is 35.8. The van der Waals surface area contributed by atoms with Gasteiger partial charge in [-0.3, -0.25) is 15.3 Å². The Kier molecular flexibility index (Phi) is 17.4. The van der Waals surface area contributed by atoms with Crippen molar-refractivity contribution in [2.75, 3.05) is 27.3 Å². The lowest BCUT2D eigenvalue weighted by Crippen LogP contribution is -2.60. The number of hydrogen-bond acceptors (Lipinski definition) is 15. The maximum atomic E-state index is 14.5. The van der Waals surface area contributed by atoms with E-state index in [4.69, 9.17) is 38.2 Å². The Morgan fingerprint density at radius 2 is 1.58 bits per heavy atom. The second kappa shape index (κ2) is 19.8. The van der Waals surface area contributed by atoms with E-state index in [1.165, 1.54) is 7.11 Å². The Labute approximate surface area is 329 Å². The van der Waals surface area contributed by atoms with E-state index < -0.39 is 89.7 Å². The third-order valence-corrected chi connectivity index (χ3v) is 13.3. The van der Waals surface area contributed by atoms with Gasteiger partial charge in [0.1, 0.15) is 29.5 Å². The number of ether oxygens (including phenoxy) is 6. The zero-order chi connectivity index (χ0) is 41.8. The van der Waals surface area contributed by atoms with Gasteiger partial charge in [-0.05, 0) is 92.5 Å². The van der Waals surface area contributed by atoms with Gasteiger partial charge in [-0.25, -0.2) is 9.78 Å². The highest BCUT2D eigenvalue weighted by atomic mass is 17.1. The van der Waals surface area contributed by atoms with Crippen molar-refractivity contribution < 1.29 is 68.8 Å². The molecule has 0 radical (unpaired) electrons. The second-order valence-electron chi connectivity index (χ2n) is 18.0. The fraction of sp³-hybridized carbons (Fsp3) is 0.975. The van der Waals surface area contributed by atoms with E-state index in [9.17, 15) is 30.6 Å². The molecule has 0 saturated carbocycles. The summed E-state index contributed by atoms with van der Waals surface area (Å²) in [6.45, 7) is 22.1. The molecule has 3 aliphatic rings. The van der Waals surface area contributed by atoms with E-state index in [-0.39, 0.29) is 55.8 Å². The summed E-state index contributed by atoms with van der Waals surface area (Å²) in [5.74, 6) is -3.35. The first-order chi connectivity index (χ1) is 25.6. The van der Waals surface area contributed by atoms with Crippen LogP contribution in [0.4, 0.5) is 0 Å². The minimum atomic E-state index is -1.51. The molecule has 0 bridgehead atoms. The van der Waals surface area contributed by atoms with Gasteiger partial charge in [0.15, 0.2) is 12.6 Å². The van der Waals surface area contributed by atoms with Gasteiger partial charge in [-0.2, -0.15) is 0 Å². The van der Waals surface area contributed by atoms with Crippen molar-refractivity contribution in [3.8, 4) is 0 Å². The quantitative estimate of drug-likeness (QED) is 0.118. The van der Waals surface area contributed by atoms with Crippen LogP contribution in [-0.4, -0.2) is 142 Å². The molecule has 5 N–H and O–H groups in total. The first kappa shape index (κ1) is 48.3. The Morgan fingerprint density at radius 3 is 2.11 bits per heavy atom. The largest absolute Gasteiger partial charge is 0.459 e. The van der Waals surface area contributed by atoms with Crippen LogP contribution in [-0.2, 0) is 43.0 Å². The maximum Gasteiger partial charge on any atom is 0.311 e. The van der Waals surface area contributed by atoms with Crippen molar-refractivity contribution in [3.63, 3.8) is 0 Å². The summed E-state index contributed by atoms with van der Waals surface area (Å²) in [4.78, 5) is 27.1. The van der Waals surface area contributed by atoms with Gasteiger partial charge >= 0.3 is 5.97 Å². The van der Waals surface area contributed by atoms with Gasteiger partial charge in [-0.15, -0.1) is 0 Å². The molecular weight excluding hydrogens is 718 g/mol. The molecule has 0 aromatic rings. The molecule has 55 heavy (non-hydrogen) atoms. The lowest BCUT2D eigenvalue weighted by Gasteiger charge is -2.49. The third-order valence-electron chi connectivity index (χ3n) is 13.3. The summed E-state index contributed by atoms with van der Waals surface area (Å²) < 4.78 is 38.0. The van der Waals surface area contributed by atoms with Crippen molar-refractivity contribution in [1.82, 2.24) is 4.90 Å². The monoisotopic (exact) mass is 794 g/mol. The molecule has 3 saturated heterocycles. The van der Waals surface area contributed by atoms with Crippen LogP contribution in [0.15, 0.2) is 0 Å². The summed E-state index contributed by atoms with van der Waals surface area (Å²) in [5, 5.41) is 54.7. The van der Waals surface area contributed by atoms with Gasteiger partial charge < -0.3 is 48.6 Å². The molecule has 0 amide bonds. The molecule has 15 nitrogen and oxygen atoms in total. The number of rotatable bonds is 10. The number of esters is 1. The van der Waals surface area contributed by atoms with Crippen LogP contribution in [0, 0.1) is 35.5 Å². The standard InChI is InChI=1S/C40H75NO14/c1-15-30-40(12,55-47)29(20-42)26(8)41(13)19-22(4)17-39(11,54-46)35(53-37-32(43)28(21(2)3)16-23(5)49-37)24(6)33(25(7)36(45)51-30)52-31-18-38(10,48-14)34(44)27(9)50-31/h21-35,37,42-44,46-47H,15-20H2,1-14H3/t22-,23+,24-,25+,26+,27+,28?,29+,30+,31?,32+,33-,34-,35+,37-,38+,39+,40-/m0/s1. The molecule has 0 aromatic carbocycles. The Hall–Kier alpha value is -1.05. The molecule has 0 aromatic heterocycles. The number of cyclic esters (lactones) is 1. The molecule has 15 heteroatoms. The third kappa shape index (κ3) is 10.6. The highest BCUT2D eigenvalue weighted by Gasteiger charge is 2.54. The fourth-order valence-electron chi connectivity index (χ4n) is 9.57. The van der Waals surface area contributed by atoms with E-state index in [2.05, 4.69) is 0 Å². The van der Waals surface area contributed by atoms with E-state index in [1.807, 2.05) is 53.5 Å². The van der Waals surface area contributed by atoms with Gasteiger partial charge in [-0.1, -0.05) is 34.6 Å². The summed E-state index contributed by atoms with van der Waals surface area (Å²) in [6.07, 6.45) is -6.80. The SMILES string of the molecule is CC[C@H]1OC(=O)[C@H](C)[C@@H](OC2C[C@@](C)(OC)[C@@H](O)[C@@H](C)O2)[C@H](C)[C@@H](O[C@@H]2O[C@H](C)CC(C(C)C)[C@H]2O)[C@](C)(OO)C[C@H](C)CN(C)[C@H](C)[C@@H](CO)[C@]1(C)OO. The first-order valence-corrected chi connectivity index (χ1v) is 20.3. The smallest absolute Gasteiger partial charge is 0.311 e. The average molecular weight is 794 g/mol. The highest BCUT2D eigenvalue weighted by Crippen LogP contribution is 2.42. The predicted molar refractivity (Wildman–Crippen MR) is 203 cm³/mol. The molecule has 0 spiro atoms. The Balaban J connectivity index is 2.25. The van der Waals surface area contributed by atoms with Crippen LogP contribution in [0.5, 0.6) is 0 Å². The number of nitrogens with zero attached hydrogens (tertiary/aromatic N) is 1. The number of methoxy groups -OCH3 is 1. The lowest BCUT2D eigenvalue weighted by molar-refractivity contribution is -0.380. The molecule has 0 aliphatic carbocycles. The number of carbonyl (C=O) groups excluding carboxylic acids is 1. The predicted octanol–water partition coefficient (Wildman–Crippen LogP) is 4.48. The topological polar surface area (TPSA) is 195 Å². The molecule has 324 valence electrons. The molecular formula is C40H75NO14. The molecule has 3 fully saturated rings. The second-order valence-corrected chi connectivity index (χ2v) is 18.0. The summed E-state index contributed by atoms with van der Waals surface area (Å²) >= 11 is 0. The van der Waals surface area contributed by atoms with Crippen LogP contribution < -0.4 is 0 Å². The molecule has 2 unspecified atom stereocenters. The van der Waals surface area contributed by atoms with Crippen LogP contribution in [0.3, 0.4) is 0 Å². The minimum Gasteiger partial charge on any atom is -0.459 e. The molecule has 3 rings (SSSR count). The summed E-state index contributed by atoms with van der Waals surface area (Å²) in [5.41, 5.74) is -4.00. The van der Waals surface area contributed by atoms with Gasteiger partial charge in [0, 0.05) is 38.0 Å². The number of hydrogen-bond donors (Lipinski definition) is 5. The molecule has 3 aliphatic heterocycles. The van der Waals surface area contributed by atoms with E-state index in [0.717, 1.165) is 0 Å². The van der Waals surface area contributed by atoms with Crippen molar-refractivity contribution in [2.24, 2.45) is 35.5 Å². The zero-order valence-corrected chi connectivity index (χ0v) is 35.8. The van der Waals surface area contributed by atoms with E-state index >= 15 is 0 Å². The van der Waals surface area contributed by atoms with Crippen LogP contribution in [0.2, 0.25) is 0 Å². The van der Waals surface area contributed by atoms with Crippen molar-refractivity contribution in [2.45, 2.75) is 187 Å². The number of aliphatic hydroxyl groups excluding tert-OH is 3. The normalized spacial score (nSPS) is 47.6. The fourth-order valence-corrected chi connectivity index (χ4v) is 9.57. The van der Waals surface area contributed by atoms with Crippen molar-refractivity contribution >= 4 is 5.97 Å². The van der Waals surface area contributed by atoms with Crippen LogP contribution in [0.25, 0.3) is 0 Å². The van der Waals surface area contributed by atoms with E-state index in [1.54, 1.807) is 41.5 Å². The summed E-state index contributed by atoms with van der Waals surface area (Å²) in [7, 11) is 3.39. The number of aliphatic hydroxyl groups is 3. The van der Waals surface area contributed by atoms with Crippen LogP contribution >= 0.6 is 0 Å². The highest BCUT2D eigenvalue weighted by molar-refractivity contribution is 5.73. The average Bonchev–Trinajstić information content (AvgIpc) is 3.13. The van der Waals surface area contributed by atoms with Crippen LogP contribution in [0.1, 0.15) is 109 Å². The Bertz CT molecular complexity index is 1200. The molecule has 18 atom stereocenters. The number of carbonyl (C=O) groups is 1. The van der Waals surface area contributed by atoms with Crippen molar-refractivity contribution in [1.29, 1.82) is 0 Å². The molecule has 3 heterocycles. The first-order valence-electron chi connectivity index (χ1n) is 20.3. The van der Waals surface area contributed by atoms with Gasteiger partial charge in [0.2, 0.25) is 0 Å². The van der Waals surface area contributed by atoms with Gasteiger partial charge in [0.05, 0.1) is 42.5 Å². The summed E-state index contributed by atoms with van der Waals surface area (Å²) in [6, 6.07) is -0.376. The van der Waals surface area contributed by atoms with Crippen molar-refractivity contribution in [3.05, 3.63) is 0 Å². The Morgan fingerprint density at radius 1 is 0.945 bits per heavy atom.